The lowest BCUT2D eigenvalue weighted by Gasteiger charge is -2.09. The molecule has 0 aliphatic heterocycles. The fourth-order valence-electron chi connectivity index (χ4n) is 2.07. The molecule has 0 saturated carbocycles. The Kier molecular flexibility index (Phi) is 4.34. The zero-order valence-corrected chi connectivity index (χ0v) is 12.7. The topological polar surface area (TPSA) is 81.8 Å². The van der Waals surface area contributed by atoms with E-state index in [0.717, 1.165) is 0 Å². The summed E-state index contributed by atoms with van der Waals surface area (Å²) in [6.07, 6.45) is 0. The molecule has 0 aliphatic carbocycles. The second-order valence-electron chi connectivity index (χ2n) is 5.08. The molecule has 120 valence electrons. The van der Waals surface area contributed by atoms with Crippen LogP contribution in [0.4, 0.5) is 5.69 Å². The van der Waals surface area contributed by atoms with Gasteiger partial charge in [0.05, 0.1) is 5.56 Å². The van der Waals surface area contributed by atoms with Gasteiger partial charge in [0.2, 0.25) is 0 Å². The molecule has 3 rings (SSSR count). The lowest BCUT2D eigenvalue weighted by atomic mass is 10.2. The van der Waals surface area contributed by atoms with Crippen LogP contribution in [0, 0.1) is 0 Å². The third-order valence-corrected chi connectivity index (χ3v) is 3.26. The highest BCUT2D eigenvalue weighted by Crippen LogP contribution is 2.28. The van der Waals surface area contributed by atoms with E-state index < -0.39 is 5.97 Å². The number of hydrogen-bond donors (Lipinski definition) is 2. The van der Waals surface area contributed by atoms with Gasteiger partial charge in [0, 0.05) is 11.8 Å². The first-order valence-corrected chi connectivity index (χ1v) is 7.25. The molecule has 5 nitrogen and oxygen atoms in total. The highest BCUT2D eigenvalue weighted by Gasteiger charge is 2.04. The molecule has 5 heteroatoms. The number of carboxylic acid groups (broad SMARTS) is 1. The molecule has 0 unspecified atom stereocenters. The maximum Gasteiger partial charge on any atom is 0.335 e. The molecule has 0 radical (unpaired) electrons. The molecule has 0 saturated heterocycles. The van der Waals surface area contributed by atoms with Crippen molar-refractivity contribution in [3.63, 3.8) is 0 Å². The van der Waals surface area contributed by atoms with Crippen molar-refractivity contribution in [3.05, 3.63) is 78.4 Å². The summed E-state index contributed by atoms with van der Waals surface area (Å²) in [4.78, 5) is 10.8. The molecule has 0 fully saturated rings. The molecule has 3 aromatic rings. The van der Waals surface area contributed by atoms with Crippen molar-refractivity contribution >= 4 is 11.7 Å². The van der Waals surface area contributed by atoms with Gasteiger partial charge in [-0.15, -0.1) is 0 Å². The highest BCUT2D eigenvalue weighted by molar-refractivity contribution is 5.87. The van der Waals surface area contributed by atoms with Gasteiger partial charge < -0.3 is 20.3 Å². The average Bonchev–Trinajstić information content (AvgIpc) is 2.58. The van der Waals surface area contributed by atoms with Crippen LogP contribution in [-0.2, 0) is 0 Å². The van der Waals surface area contributed by atoms with Crippen molar-refractivity contribution in [1.82, 2.24) is 0 Å². The van der Waals surface area contributed by atoms with Gasteiger partial charge in [-0.25, -0.2) is 4.79 Å². The fraction of sp³-hybridized carbons (Fsp3) is 0. The van der Waals surface area contributed by atoms with Gasteiger partial charge in [-0.1, -0.05) is 6.07 Å². The molecule has 0 heterocycles. The van der Waals surface area contributed by atoms with E-state index in [1.807, 2.05) is 12.1 Å². The van der Waals surface area contributed by atoms with Crippen LogP contribution in [0.15, 0.2) is 72.8 Å². The van der Waals surface area contributed by atoms with E-state index in [2.05, 4.69) is 0 Å². The number of nitrogens with two attached hydrogens (primary N) is 1. The number of anilines is 1. The molecule has 3 aromatic carbocycles. The van der Waals surface area contributed by atoms with Crippen molar-refractivity contribution in [2.24, 2.45) is 0 Å². The molecular weight excluding hydrogens is 306 g/mol. The summed E-state index contributed by atoms with van der Waals surface area (Å²) < 4.78 is 11.5. The summed E-state index contributed by atoms with van der Waals surface area (Å²) in [5.74, 6) is 1.46. The van der Waals surface area contributed by atoms with Gasteiger partial charge in [-0.3, -0.25) is 0 Å². The van der Waals surface area contributed by atoms with Crippen LogP contribution in [-0.4, -0.2) is 11.1 Å². The molecule has 0 amide bonds. The summed E-state index contributed by atoms with van der Waals surface area (Å²) >= 11 is 0. The number of benzene rings is 3. The molecule has 3 N–H and O–H groups in total. The fourth-order valence-corrected chi connectivity index (χ4v) is 2.07. The molecule has 24 heavy (non-hydrogen) atoms. The lowest BCUT2D eigenvalue weighted by Crippen LogP contribution is -1.95. The third kappa shape index (κ3) is 3.84. The minimum atomic E-state index is -0.972. The number of nitrogen functional groups attached to an aromatic ring is 1. The molecular formula is C19H15NO4. The lowest BCUT2D eigenvalue weighted by molar-refractivity contribution is 0.0697. The van der Waals surface area contributed by atoms with Crippen LogP contribution >= 0.6 is 0 Å². The molecule has 0 atom stereocenters. The zero-order valence-electron chi connectivity index (χ0n) is 12.7. The second kappa shape index (κ2) is 6.75. The SMILES string of the molecule is Nc1ccc(Oc2cccc(Oc3ccc(C(=O)O)cc3)c2)cc1. The van der Waals surface area contributed by atoms with E-state index in [-0.39, 0.29) is 5.56 Å². The van der Waals surface area contributed by atoms with Gasteiger partial charge in [0.15, 0.2) is 0 Å². The van der Waals surface area contributed by atoms with Crippen LogP contribution in [0.1, 0.15) is 10.4 Å². The Morgan fingerprint density at radius 1 is 0.750 bits per heavy atom. The van der Waals surface area contributed by atoms with Crippen LogP contribution in [0.25, 0.3) is 0 Å². The minimum absolute atomic E-state index is 0.211. The Morgan fingerprint density at radius 2 is 1.25 bits per heavy atom. The van der Waals surface area contributed by atoms with Crippen LogP contribution in [0.5, 0.6) is 23.0 Å². The second-order valence-corrected chi connectivity index (χ2v) is 5.08. The molecule has 0 spiro atoms. The Labute approximate surface area is 138 Å². The number of rotatable bonds is 5. The summed E-state index contributed by atoms with van der Waals surface area (Å²) in [7, 11) is 0. The van der Waals surface area contributed by atoms with E-state index in [4.69, 9.17) is 20.3 Å². The summed E-state index contributed by atoms with van der Waals surface area (Å²) in [6.45, 7) is 0. The van der Waals surface area contributed by atoms with Crippen LogP contribution in [0.3, 0.4) is 0 Å². The van der Waals surface area contributed by atoms with Gasteiger partial charge in [-0.05, 0) is 60.7 Å². The van der Waals surface area contributed by atoms with Crippen molar-refractivity contribution in [1.29, 1.82) is 0 Å². The number of ether oxygens (including phenoxy) is 2. The van der Waals surface area contributed by atoms with Crippen molar-refractivity contribution in [2.75, 3.05) is 5.73 Å². The number of carbonyl (C=O) groups is 1. The minimum Gasteiger partial charge on any atom is -0.478 e. The predicted molar refractivity (Wildman–Crippen MR) is 90.8 cm³/mol. The van der Waals surface area contributed by atoms with Crippen LogP contribution < -0.4 is 15.2 Å². The summed E-state index contributed by atoms with van der Waals surface area (Å²) in [5, 5.41) is 8.89. The third-order valence-electron chi connectivity index (χ3n) is 3.26. The largest absolute Gasteiger partial charge is 0.478 e. The standard InChI is InChI=1S/C19H15NO4/c20-14-6-10-16(11-7-14)24-18-3-1-2-17(12-18)23-15-8-4-13(5-9-15)19(21)22/h1-12H,20H2,(H,21,22). The first-order valence-electron chi connectivity index (χ1n) is 7.25. The maximum atomic E-state index is 10.8. The summed E-state index contributed by atoms with van der Waals surface area (Å²) in [6, 6.07) is 20.5. The van der Waals surface area contributed by atoms with E-state index in [1.165, 1.54) is 12.1 Å². The van der Waals surface area contributed by atoms with Crippen molar-refractivity contribution < 1.29 is 19.4 Å². The van der Waals surface area contributed by atoms with Crippen molar-refractivity contribution in [2.45, 2.75) is 0 Å². The van der Waals surface area contributed by atoms with E-state index in [0.29, 0.717) is 28.7 Å². The number of carboxylic acids is 1. The van der Waals surface area contributed by atoms with Gasteiger partial charge in [-0.2, -0.15) is 0 Å². The molecule has 0 bridgehead atoms. The van der Waals surface area contributed by atoms with E-state index in [9.17, 15) is 4.79 Å². The maximum absolute atomic E-state index is 10.8. The summed E-state index contributed by atoms with van der Waals surface area (Å²) in [5.41, 5.74) is 6.53. The normalized spacial score (nSPS) is 10.2. The number of aromatic carboxylic acids is 1. The Morgan fingerprint density at radius 3 is 1.75 bits per heavy atom. The van der Waals surface area contributed by atoms with E-state index in [1.54, 1.807) is 48.5 Å². The highest BCUT2D eigenvalue weighted by atomic mass is 16.5. The average molecular weight is 321 g/mol. The zero-order chi connectivity index (χ0) is 16.9. The first-order chi connectivity index (χ1) is 11.6. The van der Waals surface area contributed by atoms with Gasteiger partial charge in [0.25, 0.3) is 0 Å². The van der Waals surface area contributed by atoms with Gasteiger partial charge >= 0.3 is 5.97 Å². The molecule has 0 aromatic heterocycles. The Balaban J connectivity index is 1.72. The van der Waals surface area contributed by atoms with Gasteiger partial charge in [0.1, 0.15) is 23.0 Å². The smallest absolute Gasteiger partial charge is 0.335 e. The number of hydrogen-bond acceptors (Lipinski definition) is 4. The Bertz CT molecular complexity index is 842. The molecule has 0 aliphatic rings. The predicted octanol–water partition coefficient (Wildman–Crippen LogP) is 4.55. The van der Waals surface area contributed by atoms with Crippen LogP contribution in [0.2, 0.25) is 0 Å². The quantitative estimate of drug-likeness (QED) is 0.674. The monoisotopic (exact) mass is 321 g/mol. The Hall–Kier alpha value is -3.47. The van der Waals surface area contributed by atoms with Crippen molar-refractivity contribution in [3.8, 4) is 23.0 Å². The van der Waals surface area contributed by atoms with E-state index >= 15 is 0 Å². The first kappa shape index (κ1) is 15.4.